The third kappa shape index (κ3) is 2.73. The lowest BCUT2D eigenvalue weighted by Gasteiger charge is -2.11. The third-order valence-electron chi connectivity index (χ3n) is 2.82. The average molecular weight is 268 g/mol. The molecule has 0 aliphatic heterocycles. The Kier molecular flexibility index (Phi) is 3.73. The van der Waals surface area contributed by atoms with Gasteiger partial charge in [0.05, 0.1) is 10.7 Å². The van der Waals surface area contributed by atoms with Crippen molar-refractivity contribution in [3.63, 3.8) is 0 Å². The molecule has 0 aliphatic carbocycles. The van der Waals surface area contributed by atoms with Crippen LogP contribution in [0, 0.1) is 25.5 Å². The first kappa shape index (κ1) is 13.1. The van der Waals surface area contributed by atoms with Crippen LogP contribution in [0.15, 0.2) is 18.2 Å². The van der Waals surface area contributed by atoms with Crippen molar-refractivity contribution >= 4 is 11.3 Å². The van der Waals surface area contributed by atoms with Crippen molar-refractivity contribution in [2.24, 2.45) is 5.73 Å². The molecule has 0 bridgehead atoms. The zero-order valence-electron chi connectivity index (χ0n) is 10.2. The van der Waals surface area contributed by atoms with Crippen LogP contribution in [0.25, 0.3) is 0 Å². The van der Waals surface area contributed by atoms with Gasteiger partial charge in [-0.05, 0) is 32.0 Å². The van der Waals surface area contributed by atoms with Gasteiger partial charge < -0.3 is 5.73 Å². The number of hydrogen-bond acceptors (Lipinski definition) is 3. The highest BCUT2D eigenvalue weighted by atomic mass is 32.1. The van der Waals surface area contributed by atoms with Gasteiger partial charge in [-0.2, -0.15) is 0 Å². The van der Waals surface area contributed by atoms with Crippen LogP contribution in [-0.2, 0) is 6.42 Å². The Morgan fingerprint density at radius 2 is 2.06 bits per heavy atom. The quantitative estimate of drug-likeness (QED) is 0.927. The van der Waals surface area contributed by atoms with Gasteiger partial charge in [0.25, 0.3) is 0 Å². The predicted octanol–water partition coefficient (Wildman–Crippen LogP) is 3.28. The summed E-state index contributed by atoms with van der Waals surface area (Å²) >= 11 is 1.54. The van der Waals surface area contributed by atoms with Crippen molar-refractivity contribution < 1.29 is 8.78 Å². The largest absolute Gasteiger partial charge is 0.324 e. The van der Waals surface area contributed by atoms with E-state index >= 15 is 0 Å². The van der Waals surface area contributed by atoms with E-state index in [9.17, 15) is 8.78 Å². The second-order valence-corrected chi connectivity index (χ2v) is 5.51. The lowest BCUT2D eigenvalue weighted by Crippen LogP contribution is -2.15. The number of halogens is 2. The Labute approximate surface area is 108 Å². The predicted molar refractivity (Wildman–Crippen MR) is 68.6 cm³/mol. The summed E-state index contributed by atoms with van der Waals surface area (Å²) in [5.74, 6) is -0.956. The van der Waals surface area contributed by atoms with Gasteiger partial charge >= 0.3 is 0 Å². The molecule has 2 rings (SSSR count). The minimum Gasteiger partial charge on any atom is -0.324 e. The summed E-state index contributed by atoms with van der Waals surface area (Å²) in [6.45, 7) is 3.90. The van der Waals surface area contributed by atoms with Crippen molar-refractivity contribution in [2.45, 2.75) is 26.3 Å². The second kappa shape index (κ2) is 5.12. The average Bonchev–Trinajstić information content (AvgIpc) is 2.61. The number of hydrogen-bond donors (Lipinski definition) is 1. The maximum atomic E-state index is 13.5. The highest BCUT2D eigenvalue weighted by molar-refractivity contribution is 7.11. The highest BCUT2D eigenvalue weighted by Gasteiger charge is 2.15. The fraction of sp³-hybridized carbons (Fsp3) is 0.308. The molecule has 2 N–H and O–H groups in total. The van der Waals surface area contributed by atoms with E-state index in [1.807, 2.05) is 13.8 Å². The lowest BCUT2D eigenvalue weighted by atomic mass is 10.0. The standard InChI is InChI=1S/C13H14F2N2S/c1-7-8(2)18-13(17-7)6-12(16)10-5-9(14)3-4-11(10)15/h3-5,12H,6,16H2,1-2H3. The number of aryl methyl sites for hydroxylation is 2. The number of nitrogens with two attached hydrogens (primary N) is 1. The van der Waals surface area contributed by atoms with Gasteiger partial charge in [-0.3, -0.25) is 0 Å². The molecule has 2 nitrogen and oxygen atoms in total. The smallest absolute Gasteiger partial charge is 0.128 e. The van der Waals surface area contributed by atoms with Gasteiger partial charge in [0.2, 0.25) is 0 Å². The van der Waals surface area contributed by atoms with Crippen LogP contribution in [0.5, 0.6) is 0 Å². The van der Waals surface area contributed by atoms with E-state index in [1.54, 1.807) is 11.3 Å². The molecule has 0 saturated carbocycles. The van der Waals surface area contributed by atoms with Crippen molar-refractivity contribution in [3.8, 4) is 0 Å². The van der Waals surface area contributed by atoms with Crippen LogP contribution in [0.1, 0.15) is 27.2 Å². The van der Waals surface area contributed by atoms with Crippen molar-refractivity contribution in [2.75, 3.05) is 0 Å². The van der Waals surface area contributed by atoms with Gasteiger partial charge in [0.1, 0.15) is 11.6 Å². The van der Waals surface area contributed by atoms with E-state index in [-0.39, 0.29) is 5.56 Å². The van der Waals surface area contributed by atoms with Gasteiger partial charge in [0.15, 0.2) is 0 Å². The summed E-state index contributed by atoms with van der Waals surface area (Å²) in [7, 11) is 0. The molecular weight excluding hydrogens is 254 g/mol. The zero-order chi connectivity index (χ0) is 13.3. The molecule has 18 heavy (non-hydrogen) atoms. The summed E-state index contributed by atoms with van der Waals surface area (Å²) in [5, 5.41) is 0.848. The lowest BCUT2D eigenvalue weighted by molar-refractivity contribution is 0.560. The molecular formula is C13H14F2N2S. The van der Waals surface area contributed by atoms with Crippen LogP contribution < -0.4 is 5.73 Å². The van der Waals surface area contributed by atoms with Crippen LogP contribution in [0.2, 0.25) is 0 Å². The molecule has 5 heteroatoms. The molecule has 2 aromatic rings. The summed E-state index contributed by atoms with van der Waals surface area (Å²) in [5.41, 5.74) is 7.07. The second-order valence-electron chi connectivity index (χ2n) is 4.23. The molecule has 1 aromatic carbocycles. The van der Waals surface area contributed by atoms with Gasteiger partial charge in [-0.15, -0.1) is 11.3 Å². The number of benzene rings is 1. The summed E-state index contributed by atoms with van der Waals surface area (Å²) in [4.78, 5) is 5.47. The fourth-order valence-corrected chi connectivity index (χ4v) is 2.72. The van der Waals surface area contributed by atoms with Crippen molar-refractivity contribution in [1.82, 2.24) is 4.98 Å². The Hall–Kier alpha value is -1.33. The molecule has 1 unspecified atom stereocenters. The molecule has 0 saturated heterocycles. The van der Waals surface area contributed by atoms with Crippen molar-refractivity contribution in [3.05, 3.63) is 51.0 Å². The minimum absolute atomic E-state index is 0.195. The first-order chi connectivity index (χ1) is 8.47. The van der Waals surface area contributed by atoms with E-state index in [2.05, 4.69) is 4.98 Å². The van der Waals surface area contributed by atoms with E-state index in [0.29, 0.717) is 6.42 Å². The van der Waals surface area contributed by atoms with Gasteiger partial charge in [0, 0.05) is 22.9 Å². The Morgan fingerprint density at radius 3 is 2.67 bits per heavy atom. The molecule has 1 aromatic heterocycles. The number of nitrogens with zero attached hydrogens (tertiary/aromatic N) is 1. The number of rotatable bonds is 3. The first-order valence-electron chi connectivity index (χ1n) is 5.61. The summed E-state index contributed by atoms with van der Waals surface area (Å²) in [6.07, 6.45) is 0.416. The van der Waals surface area contributed by atoms with E-state index in [1.165, 1.54) is 0 Å². The molecule has 0 aliphatic rings. The van der Waals surface area contributed by atoms with E-state index < -0.39 is 17.7 Å². The SMILES string of the molecule is Cc1nc(CC(N)c2cc(F)ccc2F)sc1C. The van der Waals surface area contributed by atoms with E-state index in [0.717, 1.165) is 33.8 Å². The third-order valence-corrected chi connectivity index (χ3v) is 3.92. The van der Waals surface area contributed by atoms with E-state index in [4.69, 9.17) is 5.73 Å². The van der Waals surface area contributed by atoms with Crippen LogP contribution in [-0.4, -0.2) is 4.98 Å². The number of thiazole rings is 1. The monoisotopic (exact) mass is 268 g/mol. The highest BCUT2D eigenvalue weighted by Crippen LogP contribution is 2.24. The molecule has 0 spiro atoms. The van der Waals surface area contributed by atoms with Crippen molar-refractivity contribution in [1.29, 1.82) is 0 Å². The normalized spacial score (nSPS) is 12.7. The molecule has 96 valence electrons. The fourth-order valence-electron chi connectivity index (χ4n) is 1.72. The van der Waals surface area contributed by atoms with Crippen LogP contribution in [0.3, 0.4) is 0 Å². The molecule has 0 fully saturated rings. The van der Waals surface area contributed by atoms with Gasteiger partial charge in [-0.1, -0.05) is 0 Å². The Balaban J connectivity index is 2.21. The summed E-state index contributed by atoms with van der Waals surface area (Å²) in [6, 6.07) is 2.75. The van der Waals surface area contributed by atoms with Crippen LogP contribution in [0.4, 0.5) is 8.78 Å². The van der Waals surface area contributed by atoms with Crippen LogP contribution >= 0.6 is 11.3 Å². The maximum Gasteiger partial charge on any atom is 0.128 e. The Morgan fingerprint density at radius 1 is 1.33 bits per heavy atom. The Bertz CT molecular complexity index is 547. The maximum absolute atomic E-state index is 13.5. The zero-order valence-corrected chi connectivity index (χ0v) is 11.0. The van der Waals surface area contributed by atoms with Gasteiger partial charge in [-0.25, -0.2) is 13.8 Å². The molecule has 1 heterocycles. The minimum atomic E-state index is -0.578. The summed E-state index contributed by atoms with van der Waals surface area (Å²) < 4.78 is 26.6. The molecule has 0 amide bonds. The topological polar surface area (TPSA) is 38.9 Å². The first-order valence-corrected chi connectivity index (χ1v) is 6.42. The number of aromatic nitrogens is 1. The molecule has 0 radical (unpaired) electrons. The molecule has 1 atom stereocenters.